The topological polar surface area (TPSA) is 77.2 Å². The number of anilines is 2. The highest BCUT2D eigenvalue weighted by molar-refractivity contribution is 7.99. The lowest BCUT2D eigenvalue weighted by Crippen LogP contribution is -2.15. The van der Waals surface area contributed by atoms with Gasteiger partial charge in [-0.2, -0.15) is 0 Å². The molecule has 1 heterocycles. The second-order valence-electron chi connectivity index (χ2n) is 4.11. The fourth-order valence-corrected chi connectivity index (χ4v) is 2.35. The average Bonchev–Trinajstić information content (AvgIpc) is 2.47. The summed E-state index contributed by atoms with van der Waals surface area (Å²) in [6.07, 6.45) is 1.54. The van der Waals surface area contributed by atoms with Crippen molar-refractivity contribution in [3.05, 3.63) is 41.6 Å². The van der Waals surface area contributed by atoms with Gasteiger partial charge in [-0.25, -0.2) is 4.98 Å². The Hall–Kier alpha value is -1.92. The third-order valence-corrected chi connectivity index (χ3v) is 3.72. The molecule has 0 unspecified atom stereocenters. The molecule has 21 heavy (non-hydrogen) atoms. The lowest BCUT2D eigenvalue weighted by Gasteiger charge is -2.10. The number of thioether (sulfide) groups is 1. The first kappa shape index (κ1) is 15.5. The summed E-state index contributed by atoms with van der Waals surface area (Å²) in [7, 11) is 1.54. The zero-order chi connectivity index (χ0) is 15.2. The Morgan fingerprint density at radius 1 is 1.43 bits per heavy atom. The van der Waals surface area contributed by atoms with Crippen LogP contribution >= 0.6 is 23.4 Å². The predicted octanol–water partition coefficient (Wildman–Crippen LogP) is 3.06. The van der Waals surface area contributed by atoms with Gasteiger partial charge in [-0.15, -0.1) is 0 Å². The van der Waals surface area contributed by atoms with Crippen molar-refractivity contribution in [2.45, 2.75) is 5.03 Å². The molecule has 1 aromatic heterocycles. The molecule has 0 spiro atoms. The fourth-order valence-electron chi connectivity index (χ4n) is 1.60. The van der Waals surface area contributed by atoms with E-state index in [-0.39, 0.29) is 11.7 Å². The van der Waals surface area contributed by atoms with E-state index in [1.165, 1.54) is 18.9 Å². The lowest BCUT2D eigenvalue weighted by molar-refractivity contribution is -0.113. The van der Waals surface area contributed by atoms with Crippen LogP contribution in [0.3, 0.4) is 0 Å². The van der Waals surface area contributed by atoms with E-state index in [0.717, 1.165) is 5.03 Å². The molecule has 2 aromatic rings. The van der Waals surface area contributed by atoms with Gasteiger partial charge in [-0.3, -0.25) is 4.79 Å². The first-order valence-corrected chi connectivity index (χ1v) is 7.42. The van der Waals surface area contributed by atoms with Crippen molar-refractivity contribution in [3.8, 4) is 5.75 Å². The van der Waals surface area contributed by atoms with Crippen LogP contribution in [-0.2, 0) is 4.79 Å². The summed E-state index contributed by atoms with van der Waals surface area (Å²) in [6.45, 7) is 0. The molecule has 7 heteroatoms. The number of nitrogens with one attached hydrogen (secondary N) is 1. The number of amides is 1. The van der Waals surface area contributed by atoms with Crippen LogP contribution in [0.4, 0.5) is 11.4 Å². The molecule has 0 aliphatic heterocycles. The molecule has 2 rings (SSSR count). The highest BCUT2D eigenvalue weighted by Crippen LogP contribution is 2.27. The monoisotopic (exact) mass is 323 g/mol. The normalized spacial score (nSPS) is 10.2. The Balaban J connectivity index is 1.95. The smallest absolute Gasteiger partial charge is 0.234 e. The van der Waals surface area contributed by atoms with Crippen LogP contribution in [0.25, 0.3) is 0 Å². The molecule has 1 aromatic carbocycles. The van der Waals surface area contributed by atoms with Crippen molar-refractivity contribution in [1.29, 1.82) is 0 Å². The number of carbonyl (C=O) groups is 1. The van der Waals surface area contributed by atoms with Crippen molar-refractivity contribution in [1.82, 2.24) is 4.98 Å². The van der Waals surface area contributed by atoms with Gasteiger partial charge in [0, 0.05) is 11.9 Å². The second kappa shape index (κ2) is 7.19. The lowest BCUT2D eigenvalue weighted by atomic mass is 10.2. The van der Waals surface area contributed by atoms with E-state index in [2.05, 4.69) is 10.3 Å². The van der Waals surface area contributed by atoms with Gasteiger partial charge in [0.25, 0.3) is 0 Å². The van der Waals surface area contributed by atoms with Crippen LogP contribution in [-0.4, -0.2) is 23.8 Å². The molecule has 5 nitrogen and oxygen atoms in total. The number of nitrogens with two attached hydrogens (primary N) is 1. The summed E-state index contributed by atoms with van der Waals surface area (Å²) >= 11 is 7.07. The number of ether oxygens (including phenoxy) is 1. The zero-order valence-electron chi connectivity index (χ0n) is 11.3. The second-order valence-corrected chi connectivity index (χ2v) is 5.54. The summed E-state index contributed by atoms with van der Waals surface area (Å²) < 4.78 is 5.17. The highest BCUT2D eigenvalue weighted by atomic mass is 35.5. The summed E-state index contributed by atoms with van der Waals surface area (Å²) in [5, 5.41) is 4.06. The van der Waals surface area contributed by atoms with Gasteiger partial charge < -0.3 is 15.8 Å². The van der Waals surface area contributed by atoms with E-state index >= 15 is 0 Å². The first-order valence-electron chi connectivity index (χ1n) is 6.06. The van der Waals surface area contributed by atoms with E-state index < -0.39 is 0 Å². The van der Waals surface area contributed by atoms with Crippen molar-refractivity contribution in [2.24, 2.45) is 0 Å². The van der Waals surface area contributed by atoms with Gasteiger partial charge in [-0.1, -0.05) is 23.4 Å². The van der Waals surface area contributed by atoms with Crippen molar-refractivity contribution >= 4 is 40.6 Å². The van der Waals surface area contributed by atoms with Gasteiger partial charge in [0.1, 0.15) is 5.75 Å². The Morgan fingerprint density at radius 2 is 2.24 bits per heavy atom. The van der Waals surface area contributed by atoms with E-state index in [4.69, 9.17) is 22.1 Å². The van der Waals surface area contributed by atoms with Gasteiger partial charge in [0.2, 0.25) is 5.91 Å². The molecule has 110 valence electrons. The van der Waals surface area contributed by atoms with E-state index in [1.807, 2.05) is 0 Å². The minimum atomic E-state index is -0.166. The molecular weight excluding hydrogens is 310 g/mol. The van der Waals surface area contributed by atoms with Crippen LogP contribution in [0.1, 0.15) is 0 Å². The number of aromatic nitrogens is 1. The third-order valence-electron chi connectivity index (χ3n) is 2.55. The molecule has 0 radical (unpaired) electrons. The van der Waals surface area contributed by atoms with E-state index in [1.54, 1.807) is 36.5 Å². The Labute approximate surface area is 131 Å². The maximum Gasteiger partial charge on any atom is 0.234 e. The maximum absolute atomic E-state index is 12.0. The van der Waals surface area contributed by atoms with Gasteiger partial charge in [-0.05, 0) is 30.3 Å². The Bertz CT molecular complexity index is 635. The number of hydrogen-bond acceptors (Lipinski definition) is 5. The third kappa shape index (κ3) is 4.54. The number of hydrogen-bond donors (Lipinski definition) is 2. The number of methoxy groups -OCH3 is 1. The number of benzene rings is 1. The quantitative estimate of drug-likeness (QED) is 0.653. The standard InChI is InChI=1S/C14H14ClN3O2S/c1-20-12-4-3-10(16)6-11(12)18-13(19)8-21-14-5-2-9(15)7-17-14/h2-7H,8,16H2,1H3,(H,18,19). The number of rotatable bonds is 5. The molecule has 0 bridgehead atoms. The maximum atomic E-state index is 12.0. The Morgan fingerprint density at radius 3 is 2.90 bits per heavy atom. The number of halogens is 1. The highest BCUT2D eigenvalue weighted by Gasteiger charge is 2.09. The summed E-state index contributed by atoms with van der Waals surface area (Å²) in [6, 6.07) is 8.57. The van der Waals surface area contributed by atoms with E-state index in [0.29, 0.717) is 22.1 Å². The minimum absolute atomic E-state index is 0.166. The Kier molecular flexibility index (Phi) is 5.30. The minimum Gasteiger partial charge on any atom is -0.495 e. The molecular formula is C14H14ClN3O2S. The molecule has 0 atom stereocenters. The van der Waals surface area contributed by atoms with Crippen molar-refractivity contribution < 1.29 is 9.53 Å². The number of carbonyl (C=O) groups excluding carboxylic acids is 1. The molecule has 0 fully saturated rings. The molecule has 1 amide bonds. The van der Waals surface area contributed by atoms with Crippen LogP contribution in [0, 0.1) is 0 Å². The zero-order valence-corrected chi connectivity index (χ0v) is 12.9. The van der Waals surface area contributed by atoms with Gasteiger partial charge >= 0.3 is 0 Å². The summed E-state index contributed by atoms with van der Waals surface area (Å²) in [4.78, 5) is 16.1. The van der Waals surface area contributed by atoms with Gasteiger partial charge in [0.15, 0.2) is 0 Å². The number of pyridine rings is 1. The molecule has 3 N–H and O–H groups in total. The molecule has 0 aliphatic rings. The number of nitrogen functional groups attached to an aromatic ring is 1. The average molecular weight is 324 g/mol. The predicted molar refractivity (Wildman–Crippen MR) is 86.0 cm³/mol. The SMILES string of the molecule is COc1ccc(N)cc1NC(=O)CSc1ccc(Cl)cn1. The van der Waals surface area contributed by atoms with E-state index in [9.17, 15) is 4.79 Å². The first-order chi connectivity index (χ1) is 10.1. The largest absolute Gasteiger partial charge is 0.495 e. The van der Waals surface area contributed by atoms with Crippen molar-refractivity contribution in [3.63, 3.8) is 0 Å². The van der Waals surface area contributed by atoms with Crippen LogP contribution in [0.5, 0.6) is 5.75 Å². The molecule has 0 saturated carbocycles. The van der Waals surface area contributed by atoms with Crippen LogP contribution in [0.2, 0.25) is 5.02 Å². The van der Waals surface area contributed by atoms with Crippen LogP contribution in [0.15, 0.2) is 41.6 Å². The number of nitrogens with zero attached hydrogens (tertiary/aromatic N) is 1. The molecule has 0 aliphatic carbocycles. The molecule has 0 saturated heterocycles. The summed E-state index contributed by atoms with van der Waals surface area (Å²) in [5.74, 6) is 0.625. The van der Waals surface area contributed by atoms with Crippen LogP contribution < -0.4 is 15.8 Å². The van der Waals surface area contributed by atoms with Gasteiger partial charge in [0.05, 0.1) is 28.6 Å². The summed E-state index contributed by atoms with van der Waals surface area (Å²) in [5.41, 5.74) is 6.80. The van der Waals surface area contributed by atoms with Crippen molar-refractivity contribution in [2.75, 3.05) is 23.9 Å². The fraction of sp³-hybridized carbons (Fsp3) is 0.143.